The Bertz CT molecular complexity index is 500. The molecule has 0 N–H and O–H groups in total. The molecule has 0 fully saturated rings. The van der Waals surface area contributed by atoms with Crippen molar-refractivity contribution < 1.29 is 4.74 Å². The van der Waals surface area contributed by atoms with E-state index in [-0.39, 0.29) is 5.54 Å². The molecule has 86 valence electrons. The van der Waals surface area contributed by atoms with Crippen molar-refractivity contribution in [3.63, 3.8) is 0 Å². The summed E-state index contributed by atoms with van der Waals surface area (Å²) in [5.41, 5.74) is 2.30. The number of hydrogen-bond acceptors (Lipinski definition) is 2. The highest BCUT2D eigenvalue weighted by Gasteiger charge is 2.22. The Morgan fingerprint density at radius 1 is 1.38 bits per heavy atom. The van der Waals surface area contributed by atoms with Crippen LogP contribution in [0.2, 0.25) is 0 Å². The summed E-state index contributed by atoms with van der Waals surface area (Å²) in [6.45, 7) is 7.01. The molecule has 0 saturated carbocycles. The summed E-state index contributed by atoms with van der Waals surface area (Å²) >= 11 is 0. The zero-order chi connectivity index (χ0) is 11.8. The van der Waals surface area contributed by atoms with Crippen LogP contribution in [-0.4, -0.2) is 23.5 Å². The predicted octanol–water partition coefficient (Wildman–Crippen LogP) is 2.73. The molecule has 2 aromatic rings. The van der Waals surface area contributed by atoms with Crippen LogP contribution in [0.4, 0.5) is 0 Å². The quantitative estimate of drug-likeness (QED) is 0.792. The minimum absolute atomic E-state index is 0.121. The largest absolute Gasteiger partial charge is 0.382 e. The highest BCUT2D eigenvalue weighted by molar-refractivity contribution is 5.79. The van der Waals surface area contributed by atoms with Gasteiger partial charge < -0.3 is 4.74 Å². The van der Waals surface area contributed by atoms with Gasteiger partial charge in [0.1, 0.15) is 0 Å². The highest BCUT2D eigenvalue weighted by atomic mass is 16.5. The van der Waals surface area contributed by atoms with Gasteiger partial charge in [-0.15, -0.1) is 0 Å². The first kappa shape index (κ1) is 11.1. The lowest BCUT2D eigenvalue weighted by molar-refractivity contribution is 0.104. The molecule has 3 heteroatoms. The number of ether oxygens (including phenoxy) is 1. The van der Waals surface area contributed by atoms with Crippen molar-refractivity contribution in [2.75, 3.05) is 13.7 Å². The topological polar surface area (TPSA) is 27.1 Å². The number of aromatic nitrogens is 2. The fourth-order valence-electron chi connectivity index (χ4n) is 2.03. The monoisotopic (exact) mass is 218 g/mol. The third-order valence-electron chi connectivity index (χ3n) is 2.80. The number of hydrogen-bond donors (Lipinski definition) is 0. The average Bonchev–Trinajstić information content (AvgIpc) is 2.60. The van der Waals surface area contributed by atoms with Crippen molar-refractivity contribution >= 4 is 10.9 Å². The number of fused-ring (bicyclic) bond motifs is 1. The van der Waals surface area contributed by atoms with Crippen molar-refractivity contribution in [3.8, 4) is 0 Å². The van der Waals surface area contributed by atoms with Crippen LogP contribution in [0.25, 0.3) is 10.9 Å². The Kier molecular flexibility index (Phi) is 2.72. The number of aryl methyl sites for hydroxylation is 1. The fraction of sp³-hybridized carbons (Fsp3) is 0.462. The van der Waals surface area contributed by atoms with Gasteiger partial charge in [0, 0.05) is 12.5 Å². The Balaban J connectivity index is 2.56. The van der Waals surface area contributed by atoms with E-state index in [1.807, 2.05) is 10.9 Å². The molecule has 0 aliphatic rings. The van der Waals surface area contributed by atoms with Gasteiger partial charge >= 0.3 is 0 Å². The average molecular weight is 218 g/mol. The maximum absolute atomic E-state index is 5.25. The van der Waals surface area contributed by atoms with E-state index in [0.29, 0.717) is 6.61 Å². The van der Waals surface area contributed by atoms with Gasteiger partial charge in [-0.2, -0.15) is 5.10 Å². The Labute approximate surface area is 96.0 Å². The lowest BCUT2D eigenvalue weighted by Gasteiger charge is -2.25. The van der Waals surface area contributed by atoms with Crippen LogP contribution in [0.1, 0.15) is 19.4 Å². The molecular weight excluding hydrogens is 200 g/mol. The van der Waals surface area contributed by atoms with E-state index >= 15 is 0 Å². The van der Waals surface area contributed by atoms with Gasteiger partial charge in [-0.05, 0) is 32.4 Å². The minimum Gasteiger partial charge on any atom is -0.382 e. The number of methoxy groups -OCH3 is 1. The zero-order valence-electron chi connectivity index (χ0n) is 10.3. The number of benzene rings is 1. The predicted molar refractivity (Wildman–Crippen MR) is 65.7 cm³/mol. The molecule has 2 rings (SSSR count). The van der Waals surface area contributed by atoms with E-state index in [1.54, 1.807) is 7.11 Å². The van der Waals surface area contributed by atoms with Crippen molar-refractivity contribution in [2.24, 2.45) is 0 Å². The summed E-state index contributed by atoms with van der Waals surface area (Å²) < 4.78 is 7.29. The summed E-state index contributed by atoms with van der Waals surface area (Å²) in [5, 5.41) is 5.64. The van der Waals surface area contributed by atoms with E-state index in [0.717, 1.165) is 0 Å². The second kappa shape index (κ2) is 3.91. The van der Waals surface area contributed by atoms with E-state index < -0.39 is 0 Å². The minimum atomic E-state index is -0.121. The maximum Gasteiger partial charge on any atom is 0.0811 e. The molecular formula is C13H18N2O. The van der Waals surface area contributed by atoms with Gasteiger partial charge in [-0.1, -0.05) is 12.1 Å². The summed E-state index contributed by atoms with van der Waals surface area (Å²) in [6.07, 6.45) is 1.91. The maximum atomic E-state index is 5.25. The van der Waals surface area contributed by atoms with Crippen molar-refractivity contribution in [2.45, 2.75) is 26.3 Å². The van der Waals surface area contributed by atoms with E-state index in [1.165, 1.54) is 16.5 Å². The smallest absolute Gasteiger partial charge is 0.0811 e. The van der Waals surface area contributed by atoms with Crippen LogP contribution in [0.5, 0.6) is 0 Å². The van der Waals surface area contributed by atoms with Crippen molar-refractivity contribution in [1.29, 1.82) is 0 Å². The summed E-state index contributed by atoms with van der Waals surface area (Å²) in [7, 11) is 1.72. The standard InChI is InChI=1S/C13H18N2O/c1-10-5-6-11-8-14-15(12(11)7-10)13(2,3)9-16-4/h5-8H,9H2,1-4H3. The molecule has 0 unspecified atom stereocenters. The number of nitrogens with zero attached hydrogens (tertiary/aromatic N) is 2. The molecule has 0 bridgehead atoms. The van der Waals surface area contributed by atoms with Gasteiger partial charge in [-0.3, -0.25) is 4.68 Å². The van der Waals surface area contributed by atoms with Gasteiger partial charge in [-0.25, -0.2) is 0 Å². The highest BCUT2D eigenvalue weighted by Crippen LogP contribution is 2.23. The molecule has 1 aromatic carbocycles. The molecule has 3 nitrogen and oxygen atoms in total. The summed E-state index contributed by atoms with van der Waals surface area (Å²) in [5.74, 6) is 0. The van der Waals surface area contributed by atoms with Gasteiger partial charge in [0.2, 0.25) is 0 Å². The molecule has 0 saturated heterocycles. The van der Waals surface area contributed by atoms with Gasteiger partial charge in [0.05, 0.1) is 23.9 Å². The van der Waals surface area contributed by atoms with E-state index in [9.17, 15) is 0 Å². The summed E-state index contributed by atoms with van der Waals surface area (Å²) in [4.78, 5) is 0. The second-order valence-corrected chi connectivity index (χ2v) is 4.86. The molecule has 1 heterocycles. The lowest BCUT2D eigenvalue weighted by Crippen LogP contribution is -2.32. The lowest BCUT2D eigenvalue weighted by atomic mass is 10.1. The SMILES string of the molecule is COCC(C)(C)n1ncc2ccc(C)cc21. The summed E-state index contributed by atoms with van der Waals surface area (Å²) in [6, 6.07) is 6.38. The normalized spacial score (nSPS) is 12.2. The second-order valence-electron chi connectivity index (χ2n) is 4.86. The van der Waals surface area contributed by atoms with Crippen molar-refractivity contribution in [1.82, 2.24) is 9.78 Å². The first-order chi connectivity index (χ1) is 7.54. The molecule has 1 aromatic heterocycles. The Morgan fingerprint density at radius 3 is 2.81 bits per heavy atom. The molecule has 0 amide bonds. The molecule has 0 aliphatic heterocycles. The molecule has 0 atom stereocenters. The van der Waals surface area contributed by atoms with E-state index in [4.69, 9.17) is 4.74 Å². The van der Waals surface area contributed by atoms with Gasteiger partial charge in [0.25, 0.3) is 0 Å². The van der Waals surface area contributed by atoms with Crippen LogP contribution >= 0.6 is 0 Å². The third kappa shape index (κ3) is 1.83. The van der Waals surface area contributed by atoms with E-state index in [2.05, 4.69) is 44.1 Å². The van der Waals surface area contributed by atoms with Crippen LogP contribution in [-0.2, 0) is 10.3 Å². The van der Waals surface area contributed by atoms with Gasteiger partial charge in [0.15, 0.2) is 0 Å². The molecule has 0 aliphatic carbocycles. The van der Waals surface area contributed by atoms with Crippen molar-refractivity contribution in [3.05, 3.63) is 30.0 Å². The zero-order valence-corrected chi connectivity index (χ0v) is 10.3. The van der Waals surface area contributed by atoms with Crippen LogP contribution in [0, 0.1) is 6.92 Å². The van der Waals surface area contributed by atoms with Crippen LogP contribution < -0.4 is 0 Å². The first-order valence-electron chi connectivity index (χ1n) is 5.48. The van der Waals surface area contributed by atoms with Crippen LogP contribution in [0.3, 0.4) is 0 Å². The molecule has 16 heavy (non-hydrogen) atoms. The Morgan fingerprint density at radius 2 is 2.12 bits per heavy atom. The molecule has 0 spiro atoms. The fourth-order valence-corrected chi connectivity index (χ4v) is 2.03. The number of rotatable bonds is 3. The first-order valence-corrected chi connectivity index (χ1v) is 5.48. The van der Waals surface area contributed by atoms with Crippen LogP contribution in [0.15, 0.2) is 24.4 Å². The Hall–Kier alpha value is -1.35. The molecule has 0 radical (unpaired) electrons. The third-order valence-corrected chi connectivity index (χ3v) is 2.80.